The van der Waals surface area contributed by atoms with Crippen molar-refractivity contribution in [3.05, 3.63) is 29.6 Å². The molecule has 2 fully saturated rings. The normalized spacial score (nSPS) is 20.6. The van der Waals surface area contributed by atoms with Crippen LogP contribution in [0.3, 0.4) is 0 Å². The van der Waals surface area contributed by atoms with E-state index in [0.29, 0.717) is 45.0 Å². The Morgan fingerprint density at radius 2 is 1.61 bits per heavy atom. The van der Waals surface area contributed by atoms with Crippen LogP contribution in [-0.4, -0.2) is 56.3 Å². The van der Waals surface area contributed by atoms with E-state index >= 15 is 0 Å². The Morgan fingerprint density at radius 3 is 2.22 bits per heavy atom. The summed E-state index contributed by atoms with van der Waals surface area (Å²) < 4.78 is 41.8. The van der Waals surface area contributed by atoms with E-state index in [1.807, 2.05) is 11.0 Å². The summed E-state index contributed by atoms with van der Waals surface area (Å²) in [5.41, 5.74) is 0.550. The first kappa shape index (κ1) is 16.2. The first-order valence-electron chi connectivity index (χ1n) is 7.73. The van der Waals surface area contributed by atoms with Gasteiger partial charge in [-0.15, -0.1) is 0 Å². The Morgan fingerprint density at radius 1 is 1.00 bits per heavy atom. The van der Waals surface area contributed by atoms with E-state index in [9.17, 15) is 12.8 Å². The zero-order valence-electron chi connectivity index (χ0n) is 12.8. The van der Waals surface area contributed by atoms with Crippen molar-refractivity contribution in [1.29, 1.82) is 5.26 Å². The average Bonchev–Trinajstić information content (AvgIpc) is 3.10. The summed E-state index contributed by atoms with van der Waals surface area (Å²) in [6, 6.07) is 6.42. The highest BCUT2D eigenvalue weighted by atomic mass is 32.2. The molecule has 2 aliphatic rings. The van der Waals surface area contributed by atoms with E-state index < -0.39 is 16.0 Å². The smallest absolute Gasteiger partial charge is 0.282 e. The van der Waals surface area contributed by atoms with E-state index in [1.54, 1.807) is 12.1 Å². The van der Waals surface area contributed by atoms with Crippen LogP contribution < -0.4 is 4.90 Å². The van der Waals surface area contributed by atoms with Gasteiger partial charge >= 0.3 is 0 Å². The number of rotatable bonds is 3. The summed E-state index contributed by atoms with van der Waals surface area (Å²) in [6.45, 7) is 2.77. The lowest BCUT2D eigenvalue weighted by Crippen LogP contribution is -2.52. The third kappa shape index (κ3) is 3.04. The molecule has 0 spiro atoms. The van der Waals surface area contributed by atoms with Crippen molar-refractivity contribution >= 4 is 15.9 Å². The molecule has 1 aromatic carbocycles. The zero-order chi connectivity index (χ0) is 16.4. The molecule has 0 aromatic heterocycles. The number of hydrogen-bond donors (Lipinski definition) is 0. The van der Waals surface area contributed by atoms with Gasteiger partial charge in [-0.25, -0.2) is 4.39 Å². The van der Waals surface area contributed by atoms with Gasteiger partial charge in [0, 0.05) is 39.3 Å². The second-order valence-electron chi connectivity index (χ2n) is 5.75. The Bertz CT molecular complexity index is 717. The quantitative estimate of drug-likeness (QED) is 0.829. The number of benzene rings is 1. The van der Waals surface area contributed by atoms with Crippen LogP contribution in [0.15, 0.2) is 18.2 Å². The third-order valence-electron chi connectivity index (χ3n) is 4.40. The summed E-state index contributed by atoms with van der Waals surface area (Å²) >= 11 is 0. The van der Waals surface area contributed by atoms with Crippen molar-refractivity contribution in [2.24, 2.45) is 0 Å². The molecule has 0 atom stereocenters. The molecule has 2 heterocycles. The van der Waals surface area contributed by atoms with Crippen LogP contribution >= 0.6 is 0 Å². The number of halogens is 1. The Hall–Kier alpha value is -1.69. The zero-order valence-corrected chi connectivity index (χ0v) is 13.6. The van der Waals surface area contributed by atoms with Crippen molar-refractivity contribution < 1.29 is 12.8 Å². The van der Waals surface area contributed by atoms with Gasteiger partial charge in [-0.3, -0.25) is 0 Å². The monoisotopic (exact) mass is 338 g/mol. The number of nitriles is 1. The predicted octanol–water partition coefficient (Wildman–Crippen LogP) is 1.16. The second-order valence-corrected chi connectivity index (χ2v) is 7.67. The van der Waals surface area contributed by atoms with Gasteiger partial charge in [0.25, 0.3) is 10.2 Å². The van der Waals surface area contributed by atoms with E-state index in [4.69, 9.17) is 5.26 Å². The van der Waals surface area contributed by atoms with Crippen molar-refractivity contribution in [1.82, 2.24) is 8.61 Å². The molecule has 23 heavy (non-hydrogen) atoms. The van der Waals surface area contributed by atoms with Crippen LogP contribution in [-0.2, 0) is 10.2 Å². The highest BCUT2D eigenvalue weighted by Gasteiger charge is 2.34. The van der Waals surface area contributed by atoms with E-state index in [-0.39, 0.29) is 5.56 Å². The number of piperazine rings is 1. The summed E-state index contributed by atoms with van der Waals surface area (Å²) in [7, 11) is -3.39. The highest BCUT2D eigenvalue weighted by molar-refractivity contribution is 7.86. The first-order chi connectivity index (χ1) is 11.0. The molecular weight excluding hydrogens is 319 g/mol. The lowest BCUT2D eigenvalue weighted by atomic mass is 10.1. The molecule has 8 heteroatoms. The van der Waals surface area contributed by atoms with Crippen LogP contribution in [0, 0.1) is 17.1 Å². The van der Waals surface area contributed by atoms with Crippen LogP contribution in [0.2, 0.25) is 0 Å². The minimum Gasteiger partial charge on any atom is -0.368 e. The lowest BCUT2D eigenvalue weighted by molar-refractivity contribution is 0.343. The second kappa shape index (κ2) is 6.43. The maximum atomic E-state index is 13.7. The first-order valence-corrected chi connectivity index (χ1v) is 9.12. The maximum Gasteiger partial charge on any atom is 0.282 e. The number of hydrogen-bond acceptors (Lipinski definition) is 4. The Labute approximate surface area is 135 Å². The fraction of sp³-hybridized carbons (Fsp3) is 0.533. The van der Waals surface area contributed by atoms with Gasteiger partial charge < -0.3 is 4.90 Å². The van der Waals surface area contributed by atoms with E-state index in [0.717, 1.165) is 12.8 Å². The van der Waals surface area contributed by atoms with Gasteiger partial charge in [0.2, 0.25) is 0 Å². The van der Waals surface area contributed by atoms with E-state index in [1.165, 1.54) is 14.7 Å². The molecule has 0 radical (unpaired) electrons. The van der Waals surface area contributed by atoms with Crippen LogP contribution in [0.25, 0.3) is 0 Å². The number of nitrogens with zero attached hydrogens (tertiary/aromatic N) is 4. The molecule has 0 amide bonds. The molecule has 0 unspecified atom stereocenters. The van der Waals surface area contributed by atoms with Crippen molar-refractivity contribution in [2.45, 2.75) is 12.8 Å². The molecule has 1 aromatic rings. The van der Waals surface area contributed by atoms with Crippen molar-refractivity contribution in [2.75, 3.05) is 44.2 Å². The number of anilines is 1. The summed E-state index contributed by atoms with van der Waals surface area (Å²) in [5.74, 6) is -0.544. The highest BCUT2D eigenvalue weighted by Crippen LogP contribution is 2.25. The van der Waals surface area contributed by atoms with Crippen molar-refractivity contribution in [3.8, 4) is 6.07 Å². The van der Waals surface area contributed by atoms with Gasteiger partial charge in [-0.1, -0.05) is 6.07 Å². The van der Waals surface area contributed by atoms with Gasteiger partial charge in [-0.05, 0) is 25.0 Å². The minimum absolute atomic E-state index is 0.0170. The largest absolute Gasteiger partial charge is 0.368 e. The molecule has 0 bridgehead atoms. The minimum atomic E-state index is -3.39. The summed E-state index contributed by atoms with van der Waals surface area (Å²) in [5, 5.41) is 9.13. The molecule has 0 saturated carbocycles. The molecule has 0 N–H and O–H groups in total. The Balaban J connectivity index is 1.72. The molecule has 6 nitrogen and oxygen atoms in total. The van der Waals surface area contributed by atoms with Crippen LogP contribution in [0.5, 0.6) is 0 Å². The SMILES string of the molecule is N#Cc1c(F)cccc1N1CCN(S(=O)(=O)N2CCCC2)CC1. The topological polar surface area (TPSA) is 67.6 Å². The molecule has 2 aliphatic heterocycles. The lowest BCUT2D eigenvalue weighted by Gasteiger charge is -2.37. The van der Waals surface area contributed by atoms with E-state index in [2.05, 4.69) is 0 Å². The van der Waals surface area contributed by atoms with Crippen molar-refractivity contribution in [3.63, 3.8) is 0 Å². The summed E-state index contributed by atoms with van der Waals surface area (Å²) in [6.07, 6.45) is 1.82. The maximum absolute atomic E-state index is 13.7. The Kier molecular flexibility index (Phi) is 4.53. The molecule has 0 aliphatic carbocycles. The summed E-state index contributed by atoms with van der Waals surface area (Å²) in [4.78, 5) is 1.87. The van der Waals surface area contributed by atoms with Crippen LogP contribution in [0.4, 0.5) is 10.1 Å². The van der Waals surface area contributed by atoms with Gasteiger partial charge in [0.05, 0.1) is 5.69 Å². The molecule has 3 rings (SSSR count). The fourth-order valence-electron chi connectivity index (χ4n) is 3.13. The standard InChI is InChI=1S/C15H19FN4O2S/c16-14-4-3-5-15(13(14)12-17)18-8-10-20(11-9-18)23(21,22)19-6-1-2-7-19/h3-5H,1-2,6-11H2. The molecular formula is C15H19FN4O2S. The molecule has 2 saturated heterocycles. The fourth-order valence-corrected chi connectivity index (χ4v) is 4.80. The average molecular weight is 338 g/mol. The van der Waals surface area contributed by atoms with Gasteiger partial charge in [0.15, 0.2) is 0 Å². The molecule has 124 valence electrons. The third-order valence-corrected chi connectivity index (χ3v) is 6.44. The predicted molar refractivity (Wildman–Crippen MR) is 84.6 cm³/mol. The van der Waals surface area contributed by atoms with Gasteiger partial charge in [-0.2, -0.15) is 22.3 Å². The van der Waals surface area contributed by atoms with Crippen LogP contribution in [0.1, 0.15) is 18.4 Å². The van der Waals surface area contributed by atoms with Gasteiger partial charge in [0.1, 0.15) is 17.4 Å².